The van der Waals surface area contributed by atoms with Crippen LogP contribution in [-0.2, 0) is 0 Å². The van der Waals surface area contributed by atoms with Gasteiger partial charge in [-0.15, -0.1) is 0 Å². The number of nitrogen functional groups attached to an aromatic ring is 1. The second-order valence-corrected chi connectivity index (χ2v) is 3.60. The van der Waals surface area contributed by atoms with Gasteiger partial charge in [-0.2, -0.15) is 13.2 Å². The number of hydrogen-bond acceptors (Lipinski definition) is 4. The molecule has 0 aliphatic heterocycles. The summed E-state index contributed by atoms with van der Waals surface area (Å²) in [6, 6.07) is 2.65. The van der Waals surface area contributed by atoms with E-state index in [1.807, 2.05) is 0 Å². The number of benzene rings is 1. The highest BCUT2D eigenvalue weighted by atomic mass is 19.4. The molecule has 0 fully saturated rings. The average molecular weight is 278 g/mol. The van der Waals surface area contributed by atoms with Crippen molar-refractivity contribution in [2.45, 2.75) is 6.18 Å². The first-order chi connectivity index (χ1) is 8.78. The third kappa shape index (κ3) is 3.94. The van der Waals surface area contributed by atoms with Gasteiger partial charge in [-0.1, -0.05) is 0 Å². The molecule has 3 N–H and O–H groups in total. The fraction of sp³-hybridized carbons (Fsp3) is 0.364. The van der Waals surface area contributed by atoms with E-state index in [1.54, 1.807) is 5.32 Å². The van der Waals surface area contributed by atoms with Gasteiger partial charge in [0.25, 0.3) is 5.91 Å². The molecule has 0 saturated heterocycles. The van der Waals surface area contributed by atoms with Crippen LogP contribution in [0.2, 0.25) is 0 Å². The third-order valence-electron chi connectivity index (χ3n) is 2.20. The molecule has 8 heteroatoms. The van der Waals surface area contributed by atoms with E-state index in [-0.39, 0.29) is 22.7 Å². The number of anilines is 1. The Morgan fingerprint density at radius 2 is 1.74 bits per heavy atom. The molecule has 106 valence electrons. The van der Waals surface area contributed by atoms with Crippen LogP contribution in [-0.4, -0.2) is 32.8 Å². The Labute approximate surface area is 107 Å². The first-order valence-electron chi connectivity index (χ1n) is 5.15. The lowest BCUT2D eigenvalue weighted by Gasteiger charge is -2.14. The Morgan fingerprint density at radius 3 is 2.11 bits per heavy atom. The molecule has 0 spiro atoms. The second-order valence-electron chi connectivity index (χ2n) is 3.60. The predicted molar refractivity (Wildman–Crippen MR) is 62.3 cm³/mol. The van der Waals surface area contributed by atoms with Crippen LogP contribution in [0.5, 0.6) is 11.5 Å². The van der Waals surface area contributed by atoms with Crippen LogP contribution in [0.25, 0.3) is 0 Å². The van der Waals surface area contributed by atoms with E-state index in [4.69, 9.17) is 15.2 Å². The average Bonchev–Trinajstić information content (AvgIpc) is 2.33. The molecule has 0 heterocycles. The number of ether oxygens (including phenoxy) is 2. The first-order valence-corrected chi connectivity index (χ1v) is 5.15. The maximum atomic E-state index is 12.1. The molecule has 1 aromatic rings. The summed E-state index contributed by atoms with van der Waals surface area (Å²) >= 11 is 0. The number of rotatable bonds is 4. The highest BCUT2D eigenvalue weighted by molar-refractivity contribution is 6.00. The molecular weight excluding hydrogens is 265 g/mol. The molecule has 1 aromatic carbocycles. The number of halogens is 3. The number of carbonyl (C=O) groups excluding carboxylic acids is 1. The molecule has 0 aliphatic carbocycles. The minimum absolute atomic E-state index is 0.0384. The highest BCUT2D eigenvalue weighted by Gasteiger charge is 2.29. The van der Waals surface area contributed by atoms with Crippen molar-refractivity contribution < 1.29 is 27.4 Å². The van der Waals surface area contributed by atoms with E-state index >= 15 is 0 Å². The van der Waals surface area contributed by atoms with Crippen molar-refractivity contribution in [2.24, 2.45) is 0 Å². The number of methoxy groups -OCH3 is 2. The van der Waals surface area contributed by atoms with Crippen molar-refractivity contribution >= 4 is 11.6 Å². The molecule has 0 atom stereocenters. The Kier molecular flexibility index (Phi) is 4.47. The van der Waals surface area contributed by atoms with Crippen LogP contribution < -0.4 is 20.5 Å². The number of nitrogens with two attached hydrogens (primary N) is 1. The molecule has 19 heavy (non-hydrogen) atoms. The molecule has 0 radical (unpaired) electrons. The fourth-order valence-corrected chi connectivity index (χ4v) is 1.42. The van der Waals surface area contributed by atoms with E-state index in [2.05, 4.69) is 0 Å². The van der Waals surface area contributed by atoms with Crippen LogP contribution in [0, 0.1) is 0 Å². The van der Waals surface area contributed by atoms with Crippen LogP contribution in [0.4, 0.5) is 18.9 Å². The summed E-state index contributed by atoms with van der Waals surface area (Å²) in [7, 11) is 2.55. The van der Waals surface area contributed by atoms with Crippen molar-refractivity contribution in [3.05, 3.63) is 17.7 Å². The SMILES string of the molecule is COc1cc(N)cc(OC)c1C(=O)NCC(F)(F)F. The largest absolute Gasteiger partial charge is 0.496 e. The van der Waals surface area contributed by atoms with Crippen LogP contribution in [0.15, 0.2) is 12.1 Å². The van der Waals surface area contributed by atoms with Crippen LogP contribution >= 0.6 is 0 Å². The number of alkyl halides is 3. The molecule has 0 bridgehead atoms. The summed E-state index contributed by atoms with van der Waals surface area (Å²) in [5.74, 6) is -0.876. The Balaban J connectivity index is 3.07. The van der Waals surface area contributed by atoms with Crippen molar-refractivity contribution in [1.29, 1.82) is 0 Å². The van der Waals surface area contributed by atoms with Crippen molar-refractivity contribution in [2.75, 3.05) is 26.5 Å². The van der Waals surface area contributed by atoms with Gasteiger partial charge < -0.3 is 20.5 Å². The lowest BCUT2D eigenvalue weighted by Crippen LogP contribution is -2.34. The molecule has 1 amide bonds. The number of carbonyl (C=O) groups is 1. The summed E-state index contributed by atoms with van der Waals surface area (Å²) in [5.41, 5.74) is 5.68. The summed E-state index contributed by atoms with van der Waals surface area (Å²) in [4.78, 5) is 11.8. The normalized spacial score (nSPS) is 11.0. The zero-order valence-electron chi connectivity index (χ0n) is 10.3. The van der Waals surface area contributed by atoms with E-state index in [1.165, 1.54) is 26.4 Å². The monoisotopic (exact) mass is 278 g/mol. The molecular formula is C11H13F3N2O3. The van der Waals surface area contributed by atoms with E-state index < -0.39 is 18.6 Å². The van der Waals surface area contributed by atoms with Gasteiger partial charge in [-0.25, -0.2) is 0 Å². The quantitative estimate of drug-likeness (QED) is 0.820. The topological polar surface area (TPSA) is 73.6 Å². The van der Waals surface area contributed by atoms with Gasteiger partial charge in [0.05, 0.1) is 14.2 Å². The van der Waals surface area contributed by atoms with E-state index in [0.29, 0.717) is 0 Å². The predicted octanol–water partition coefficient (Wildman–Crippen LogP) is 1.58. The lowest BCUT2D eigenvalue weighted by molar-refractivity contribution is -0.123. The van der Waals surface area contributed by atoms with E-state index in [9.17, 15) is 18.0 Å². The number of hydrogen-bond donors (Lipinski definition) is 2. The van der Waals surface area contributed by atoms with Gasteiger partial charge in [-0.05, 0) is 0 Å². The van der Waals surface area contributed by atoms with Gasteiger partial charge >= 0.3 is 6.18 Å². The van der Waals surface area contributed by atoms with Crippen molar-refractivity contribution in [3.63, 3.8) is 0 Å². The molecule has 5 nitrogen and oxygen atoms in total. The standard InChI is InChI=1S/C11H13F3N2O3/c1-18-7-3-6(15)4-8(19-2)9(7)10(17)16-5-11(12,13)14/h3-4H,5,15H2,1-2H3,(H,16,17). The van der Waals surface area contributed by atoms with Gasteiger partial charge in [0.15, 0.2) is 0 Å². The minimum atomic E-state index is -4.50. The van der Waals surface area contributed by atoms with Gasteiger partial charge in [-0.3, -0.25) is 4.79 Å². The lowest BCUT2D eigenvalue weighted by atomic mass is 10.1. The zero-order valence-corrected chi connectivity index (χ0v) is 10.3. The molecule has 0 unspecified atom stereocenters. The summed E-state index contributed by atoms with van der Waals surface area (Å²) < 4.78 is 46.0. The molecule has 1 rings (SSSR count). The van der Waals surface area contributed by atoms with Gasteiger partial charge in [0.1, 0.15) is 23.6 Å². The smallest absolute Gasteiger partial charge is 0.405 e. The maximum absolute atomic E-state index is 12.1. The van der Waals surface area contributed by atoms with Gasteiger partial charge in [0, 0.05) is 17.8 Å². The van der Waals surface area contributed by atoms with Crippen molar-refractivity contribution in [1.82, 2.24) is 5.32 Å². The highest BCUT2D eigenvalue weighted by Crippen LogP contribution is 2.31. The fourth-order valence-electron chi connectivity index (χ4n) is 1.42. The Hall–Kier alpha value is -2.12. The maximum Gasteiger partial charge on any atom is 0.405 e. The summed E-state index contributed by atoms with van der Waals surface area (Å²) in [6.07, 6.45) is -4.50. The molecule has 0 aromatic heterocycles. The minimum Gasteiger partial charge on any atom is -0.496 e. The summed E-state index contributed by atoms with van der Waals surface area (Å²) in [6.45, 7) is -1.44. The zero-order chi connectivity index (χ0) is 14.6. The Bertz CT molecular complexity index is 450. The number of amides is 1. The number of nitrogens with one attached hydrogen (secondary N) is 1. The summed E-state index contributed by atoms with van der Waals surface area (Å²) in [5, 5.41) is 1.74. The third-order valence-corrected chi connectivity index (χ3v) is 2.20. The van der Waals surface area contributed by atoms with E-state index in [0.717, 1.165) is 0 Å². The van der Waals surface area contributed by atoms with Crippen LogP contribution in [0.3, 0.4) is 0 Å². The first kappa shape index (κ1) is 14.9. The molecule has 0 saturated carbocycles. The van der Waals surface area contributed by atoms with Gasteiger partial charge in [0.2, 0.25) is 0 Å². The van der Waals surface area contributed by atoms with Crippen LogP contribution in [0.1, 0.15) is 10.4 Å². The second kappa shape index (κ2) is 5.68. The van der Waals surface area contributed by atoms with Crippen molar-refractivity contribution in [3.8, 4) is 11.5 Å². The Morgan fingerprint density at radius 1 is 1.26 bits per heavy atom. The molecule has 0 aliphatic rings.